The monoisotopic (exact) mass is 328 g/mol. The van der Waals surface area contributed by atoms with Gasteiger partial charge in [0.05, 0.1) is 0 Å². The van der Waals surface area contributed by atoms with Gasteiger partial charge in [-0.25, -0.2) is 9.59 Å². The summed E-state index contributed by atoms with van der Waals surface area (Å²) in [6.07, 6.45) is 5.10. The Morgan fingerprint density at radius 3 is 2.30 bits per heavy atom. The maximum absolute atomic E-state index is 10.7. The summed E-state index contributed by atoms with van der Waals surface area (Å²) >= 11 is 6.04. The lowest BCUT2D eigenvalue weighted by molar-refractivity contribution is -0.132. The first-order valence-electron chi connectivity index (χ1n) is 6.68. The SMILES string of the molecule is O=C(O)/C=C\c1cccc(-c2cc(Cl)ccc2/C=C\C(=O)O)c1. The van der Waals surface area contributed by atoms with Crippen LogP contribution in [0.2, 0.25) is 5.02 Å². The average Bonchev–Trinajstić information content (AvgIpc) is 2.52. The highest BCUT2D eigenvalue weighted by Crippen LogP contribution is 2.29. The Balaban J connectivity index is 2.48. The lowest BCUT2D eigenvalue weighted by Gasteiger charge is -2.08. The number of carboxylic acids is 2. The molecule has 116 valence electrons. The van der Waals surface area contributed by atoms with Crippen LogP contribution in [0.4, 0.5) is 0 Å². The van der Waals surface area contributed by atoms with E-state index in [0.717, 1.165) is 28.8 Å². The highest BCUT2D eigenvalue weighted by molar-refractivity contribution is 6.31. The van der Waals surface area contributed by atoms with Gasteiger partial charge in [-0.3, -0.25) is 0 Å². The topological polar surface area (TPSA) is 74.6 Å². The molecule has 0 aliphatic carbocycles. The molecule has 0 aromatic heterocycles. The van der Waals surface area contributed by atoms with E-state index in [9.17, 15) is 9.59 Å². The first-order chi connectivity index (χ1) is 11.0. The third-order valence-corrected chi connectivity index (χ3v) is 3.27. The molecule has 5 heteroatoms. The normalized spacial score (nSPS) is 11.2. The number of carbonyl (C=O) groups is 2. The molecule has 0 heterocycles. The third-order valence-electron chi connectivity index (χ3n) is 3.04. The summed E-state index contributed by atoms with van der Waals surface area (Å²) in [6, 6.07) is 12.4. The van der Waals surface area contributed by atoms with Crippen molar-refractivity contribution in [2.75, 3.05) is 0 Å². The minimum Gasteiger partial charge on any atom is -0.478 e. The van der Waals surface area contributed by atoms with Crippen LogP contribution in [0.3, 0.4) is 0 Å². The Morgan fingerprint density at radius 1 is 0.913 bits per heavy atom. The Labute approximate surface area is 138 Å². The number of rotatable bonds is 5. The summed E-state index contributed by atoms with van der Waals surface area (Å²) in [5, 5.41) is 18.0. The number of hydrogen-bond donors (Lipinski definition) is 2. The van der Waals surface area contributed by atoms with Crippen molar-refractivity contribution in [3.05, 3.63) is 70.8 Å². The van der Waals surface area contributed by atoms with Crippen molar-refractivity contribution < 1.29 is 19.8 Å². The van der Waals surface area contributed by atoms with Gasteiger partial charge in [-0.15, -0.1) is 0 Å². The summed E-state index contributed by atoms with van der Waals surface area (Å²) < 4.78 is 0. The van der Waals surface area contributed by atoms with Crippen LogP contribution >= 0.6 is 11.6 Å². The fraction of sp³-hybridized carbons (Fsp3) is 0. The van der Waals surface area contributed by atoms with Crippen LogP contribution in [0.25, 0.3) is 23.3 Å². The van der Waals surface area contributed by atoms with E-state index in [4.69, 9.17) is 21.8 Å². The van der Waals surface area contributed by atoms with Crippen molar-refractivity contribution in [3.8, 4) is 11.1 Å². The van der Waals surface area contributed by atoms with Crippen molar-refractivity contribution in [2.24, 2.45) is 0 Å². The van der Waals surface area contributed by atoms with Crippen LogP contribution in [-0.4, -0.2) is 22.2 Å². The van der Waals surface area contributed by atoms with E-state index < -0.39 is 11.9 Å². The first-order valence-corrected chi connectivity index (χ1v) is 7.05. The lowest BCUT2D eigenvalue weighted by Crippen LogP contribution is -1.89. The molecule has 0 unspecified atom stereocenters. The van der Waals surface area contributed by atoms with E-state index in [1.54, 1.807) is 30.3 Å². The van der Waals surface area contributed by atoms with Gasteiger partial charge in [0, 0.05) is 17.2 Å². The highest BCUT2D eigenvalue weighted by Gasteiger charge is 2.05. The minimum absolute atomic E-state index is 0.527. The van der Waals surface area contributed by atoms with E-state index in [2.05, 4.69) is 0 Å². The zero-order chi connectivity index (χ0) is 16.8. The average molecular weight is 329 g/mol. The van der Waals surface area contributed by atoms with Gasteiger partial charge in [-0.1, -0.05) is 35.9 Å². The predicted molar refractivity (Wildman–Crippen MR) is 90.2 cm³/mol. The minimum atomic E-state index is -1.04. The molecule has 0 bridgehead atoms. The molecule has 2 N–H and O–H groups in total. The number of aliphatic carboxylic acids is 2. The summed E-state index contributed by atoms with van der Waals surface area (Å²) in [4.78, 5) is 21.3. The molecule has 2 aromatic rings. The Bertz CT molecular complexity index is 806. The van der Waals surface area contributed by atoms with E-state index in [0.29, 0.717) is 10.6 Å². The van der Waals surface area contributed by atoms with E-state index in [-0.39, 0.29) is 0 Å². The van der Waals surface area contributed by atoms with Crippen molar-refractivity contribution >= 4 is 35.7 Å². The maximum atomic E-state index is 10.7. The van der Waals surface area contributed by atoms with Gasteiger partial charge in [-0.2, -0.15) is 0 Å². The van der Waals surface area contributed by atoms with Crippen molar-refractivity contribution in [1.82, 2.24) is 0 Å². The molecule has 0 aliphatic rings. The second-order valence-electron chi connectivity index (χ2n) is 4.70. The van der Waals surface area contributed by atoms with Gasteiger partial charge < -0.3 is 10.2 Å². The van der Waals surface area contributed by atoms with E-state index in [1.807, 2.05) is 12.1 Å². The smallest absolute Gasteiger partial charge is 0.328 e. The van der Waals surface area contributed by atoms with Crippen molar-refractivity contribution in [1.29, 1.82) is 0 Å². The molecule has 4 nitrogen and oxygen atoms in total. The Hall–Kier alpha value is -2.85. The van der Waals surface area contributed by atoms with Crippen LogP contribution in [0.5, 0.6) is 0 Å². The first kappa shape index (κ1) is 16.5. The van der Waals surface area contributed by atoms with Gasteiger partial charge in [0.15, 0.2) is 0 Å². The zero-order valence-electron chi connectivity index (χ0n) is 11.9. The molecule has 0 saturated carbocycles. The molecule has 23 heavy (non-hydrogen) atoms. The molecular weight excluding hydrogens is 316 g/mol. The largest absolute Gasteiger partial charge is 0.478 e. The lowest BCUT2D eigenvalue weighted by atomic mass is 9.97. The molecule has 0 radical (unpaired) electrons. The molecular formula is C18H13ClO4. The second-order valence-corrected chi connectivity index (χ2v) is 5.14. The summed E-state index contributed by atoms with van der Waals surface area (Å²) in [5.41, 5.74) is 3.00. The van der Waals surface area contributed by atoms with Crippen LogP contribution in [-0.2, 0) is 9.59 Å². The molecule has 0 fully saturated rings. The fourth-order valence-corrected chi connectivity index (χ4v) is 2.23. The Morgan fingerprint density at radius 2 is 1.61 bits per heavy atom. The summed E-state index contributed by atoms with van der Waals surface area (Å²) in [7, 11) is 0. The fourth-order valence-electron chi connectivity index (χ4n) is 2.06. The Kier molecular flexibility index (Phi) is 5.33. The molecule has 0 aliphatic heterocycles. The number of halogens is 1. The van der Waals surface area contributed by atoms with Crippen LogP contribution < -0.4 is 0 Å². The molecule has 2 aromatic carbocycles. The third kappa shape index (κ3) is 4.83. The van der Waals surface area contributed by atoms with Crippen molar-refractivity contribution in [2.45, 2.75) is 0 Å². The van der Waals surface area contributed by atoms with Crippen LogP contribution in [0.15, 0.2) is 54.6 Å². The summed E-state index contributed by atoms with van der Waals surface area (Å²) in [6.45, 7) is 0. The standard InChI is InChI=1S/C18H13ClO4/c19-15-7-5-13(6-9-18(22)23)16(11-15)14-3-1-2-12(10-14)4-8-17(20)21/h1-11H,(H,20,21)(H,22,23)/b8-4-,9-6-. The van der Waals surface area contributed by atoms with Gasteiger partial charge in [0.25, 0.3) is 0 Å². The van der Waals surface area contributed by atoms with Gasteiger partial charge in [-0.05, 0) is 52.6 Å². The van der Waals surface area contributed by atoms with Gasteiger partial charge >= 0.3 is 11.9 Å². The maximum Gasteiger partial charge on any atom is 0.328 e. The molecule has 0 atom stereocenters. The van der Waals surface area contributed by atoms with Crippen LogP contribution in [0.1, 0.15) is 11.1 Å². The van der Waals surface area contributed by atoms with E-state index >= 15 is 0 Å². The predicted octanol–water partition coefficient (Wildman–Crippen LogP) is 4.20. The number of carboxylic acid groups (broad SMARTS) is 2. The number of hydrogen-bond acceptors (Lipinski definition) is 2. The molecule has 0 amide bonds. The highest BCUT2D eigenvalue weighted by atomic mass is 35.5. The van der Waals surface area contributed by atoms with Gasteiger partial charge in [0.1, 0.15) is 0 Å². The second kappa shape index (κ2) is 7.42. The van der Waals surface area contributed by atoms with Crippen LogP contribution in [0, 0.1) is 0 Å². The van der Waals surface area contributed by atoms with E-state index in [1.165, 1.54) is 12.2 Å². The summed E-state index contributed by atoms with van der Waals surface area (Å²) in [5.74, 6) is -2.06. The van der Waals surface area contributed by atoms with Gasteiger partial charge in [0.2, 0.25) is 0 Å². The molecule has 0 spiro atoms. The number of benzene rings is 2. The molecule has 0 saturated heterocycles. The zero-order valence-corrected chi connectivity index (χ0v) is 12.7. The molecule has 2 rings (SSSR count). The van der Waals surface area contributed by atoms with Crippen molar-refractivity contribution in [3.63, 3.8) is 0 Å². The quantitative estimate of drug-likeness (QED) is 0.806.